The summed E-state index contributed by atoms with van der Waals surface area (Å²) in [7, 11) is 4.98. The number of hydrogen-bond acceptors (Lipinski definition) is 5. The third-order valence-corrected chi connectivity index (χ3v) is 2.90. The van der Waals surface area contributed by atoms with Crippen molar-refractivity contribution in [2.75, 3.05) is 27.5 Å². The van der Waals surface area contributed by atoms with Crippen molar-refractivity contribution in [2.45, 2.75) is 24.3 Å². The van der Waals surface area contributed by atoms with Gasteiger partial charge in [0.1, 0.15) is 26.2 Å². The smallest absolute Gasteiger partial charge is 0.325 e. The Morgan fingerprint density at radius 2 is 2.06 bits per heavy atom. The van der Waals surface area contributed by atoms with Gasteiger partial charge in [-0.2, -0.15) is 0 Å². The van der Waals surface area contributed by atoms with E-state index in [-0.39, 0.29) is 6.61 Å². The fourth-order valence-electron chi connectivity index (χ4n) is 1.68. The van der Waals surface area contributed by atoms with Gasteiger partial charge in [0, 0.05) is 26.9 Å². The second-order valence-corrected chi connectivity index (χ2v) is 5.48. The Bertz CT molecular complexity index is 269. The Morgan fingerprint density at radius 3 is 2.50 bits per heavy atom. The molecule has 0 amide bonds. The van der Waals surface area contributed by atoms with E-state index in [1.165, 1.54) is 14.2 Å². The quantitative estimate of drug-likeness (QED) is 0.535. The topological polar surface area (TPSA) is 74.2 Å². The summed E-state index contributed by atoms with van der Waals surface area (Å²) < 4.78 is 31.6. The van der Waals surface area contributed by atoms with E-state index in [9.17, 15) is 9.46 Å². The van der Waals surface area contributed by atoms with Crippen LogP contribution in [0.5, 0.6) is 0 Å². The summed E-state index contributed by atoms with van der Waals surface area (Å²) in [6, 6.07) is -0.693. The van der Waals surface area contributed by atoms with Crippen molar-refractivity contribution in [3.05, 3.63) is 0 Å². The van der Waals surface area contributed by atoms with E-state index < -0.39 is 31.9 Å². The Morgan fingerprint density at radius 1 is 1.44 bits per heavy atom. The van der Waals surface area contributed by atoms with Gasteiger partial charge in [0.05, 0.1) is 6.61 Å². The van der Waals surface area contributed by atoms with Crippen LogP contribution < -0.4 is 0 Å². The van der Waals surface area contributed by atoms with E-state index in [2.05, 4.69) is 0 Å². The molecule has 0 bridgehead atoms. The molecule has 2 radical (unpaired) electrons. The Labute approximate surface area is 96.2 Å². The van der Waals surface area contributed by atoms with Crippen LogP contribution >= 0.6 is 7.60 Å². The van der Waals surface area contributed by atoms with Gasteiger partial charge >= 0.3 is 7.60 Å². The highest BCUT2D eigenvalue weighted by Crippen LogP contribution is 2.42. The molecule has 1 saturated heterocycles. The highest BCUT2D eigenvalue weighted by atomic mass is 31.2. The van der Waals surface area contributed by atoms with Crippen molar-refractivity contribution in [2.24, 2.45) is 0 Å². The second-order valence-electron chi connectivity index (χ2n) is 3.67. The number of rotatable bonds is 5. The lowest BCUT2D eigenvalue weighted by Crippen LogP contribution is -2.37. The molecule has 0 aliphatic carbocycles. The maximum atomic E-state index is 11.2. The van der Waals surface area contributed by atoms with Gasteiger partial charge in [0.2, 0.25) is 0 Å². The summed E-state index contributed by atoms with van der Waals surface area (Å²) in [6.45, 7) is 1.33. The Balaban J connectivity index is 2.75. The molecule has 1 heterocycles. The van der Waals surface area contributed by atoms with Crippen molar-refractivity contribution in [3.8, 4) is 0 Å². The number of ether oxygens (including phenoxy) is 3. The highest BCUT2D eigenvalue weighted by molar-refractivity contribution is 7.51. The summed E-state index contributed by atoms with van der Waals surface area (Å²) in [4.78, 5) is 9.20. The molecule has 0 spiro atoms. The number of hydrogen-bond donors (Lipinski definition) is 1. The molecule has 0 aromatic heterocycles. The van der Waals surface area contributed by atoms with E-state index in [1.54, 1.807) is 0 Å². The second kappa shape index (κ2) is 5.62. The van der Waals surface area contributed by atoms with Crippen molar-refractivity contribution in [3.63, 3.8) is 0 Å². The predicted molar refractivity (Wildman–Crippen MR) is 57.7 cm³/mol. The summed E-state index contributed by atoms with van der Waals surface area (Å²) in [5, 5.41) is 0. The summed E-state index contributed by atoms with van der Waals surface area (Å²) >= 11 is 0. The molecule has 5 atom stereocenters. The molecule has 0 aromatic rings. The lowest BCUT2D eigenvalue weighted by atomic mass is 9.93. The maximum absolute atomic E-state index is 11.2. The zero-order chi connectivity index (χ0) is 12.3. The lowest BCUT2D eigenvalue weighted by molar-refractivity contribution is -0.0165. The molecule has 8 heteroatoms. The van der Waals surface area contributed by atoms with E-state index in [0.717, 1.165) is 6.66 Å². The van der Waals surface area contributed by atoms with E-state index in [0.29, 0.717) is 0 Å². The van der Waals surface area contributed by atoms with Crippen LogP contribution in [-0.4, -0.2) is 64.5 Å². The van der Waals surface area contributed by atoms with Gasteiger partial charge in [-0.05, 0) is 0 Å². The molecular weight excluding hydrogens is 234 g/mol. The van der Waals surface area contributed by atoms with Crippen LogP contribution in [0.1, 0.15) is 0 Å². The Kier molecular flexibility index (Phi) is 4.97. The van der Waals surface area contributed by atoms with E-state index in [4.69, 9.17) is 26.6 Å². The Hall–Kier alpha value is 0.0949. The first-order valence-corrected chi connectivity index (χ1v) is 6.83. The first kappa shape index (κ1) is 14.2. The molecule has 92 valence electrons. The van der Waals surface area contributed by atoms with Crippen LogP contribution in [0.3, 0.4) is 0 Å². The van der Waals surface area contributed by atoms with Crippen LogP contribution in [0, 0.1) is 0 Å². The van der Waals surface area contributed by atoms with Crippen molar-refractivity contribution in [1.82, 2.24) is 0 Å². The normalized spacial score (nSPS) is 38.5. The molecule has 5 unspecified atom stereocenters. The standard InChI is InChI=1S/C8H16BO6P/c1-12-4-5-6(15-16(3,10)11)7(13-2)8(9)14-5/h5-8H,4H2,1-3H3,(H,10,11). The van der Waals surface area contributed by atoms with Gasteiger partial charge in [0.15, 0.2) is 0 Å². The van der Waals surface area contributed by atoms with Gasteiger partial charge in [0.25, 0.3) is 0 Å². The average molecular weight is 250 g/mol. The molecule has 1 aliphatic rings. The van der Waals surface area contributed by atoms with E-state index in [1.807, 2.05) is 0 Å². The van der Waals surface area contributed by atoms with Crippen LogP contribution in [0.2, 0.25) is 0 Å². The lowest BCUT2D eigenvalue weighted by Gasteiger charge is -2.23. The van der Waals surface area contributed by atoms with Crippen molar-refractivity contribution in [1.29, 1.82) is 0 Å². The molecule has 1 rings (SSSR count). The average Bonchev–Trinajstić information content (AvgIpc) is 2.41. The van der Waals surface area contributed by atoms with E-state index >= 15 is 0 Å². The molecule has 0 saturated carbocycles. The van der Waals surface area contributed by atoms with Crippen molar-refractivity contribution < 1.29 is 28.2 Å². The highest BCUT2D eigenvalue weighted by Gasteiger charge is 2.45. The minimum absolute atomic E-state index is 0.220. The SMILES string of the molecule is [B]C1OC(COC)C(OP(C)(=O)O)C1OC. The minimum atomic E-state index is -3.62. The van der Waals surface area contributed by atoms with Crippen LogP contribution in [0.15, 0.2) is 0 Å². The molecule has 1 N–H and O–H groups in total. The molecule has 1 aliphatic heterocycles. The van der Waals surface area contributed by atoms with Crippen molar-refractivity contribution >= 4 is 15.4 Å². The largest absolute Gasteiger partial charge is 0.382 e. The fourth-order valence-corrected chi connectivity index (χ4v) is 2.38. The summed E-state index contributed by atoms with van der Waals surface area (Å²) in [5.41, 5.74) is 0. The predicted octanol–water partition coefficient (Wildman–Crippen LogP) is -0.258. The van der Waals surface area contributed by atoms with Crippen LogP contribution in [-0.2, 0) is 23.3 Å². The van der Waals surface area contributed by atoms with Crippen LogP contribution in [0.25, 0.3) is 0 Å². The first-order chi connectivity index (χ1) is 7.39. The van der Waals surface area contributed by atoms with Gasteiger partial charge in [-0.3, -0.25) is 9.09 Å². The third-order valence-electron chi connectivity index (χ3n) is 2.27. The fraction of sp³-hybridized carbons (Fsp3) is 1.00. The van der Waals surface area contributed by atoms with Gasteiger partial charge in [-0.1, -0.05) is 0 Å². The first-order valence-electron chi connectivity index (χ1n) is 4.80. The van der Waals surface area contributed by atoms with Gasteiger partial charge in [-0.25, -0.2) is 0 Å². The molecular formula is C8H16BO6P. The minimum Gasteiger partial charge on any atom is -0.382 e. The third kappa shape index (κ3) is 3.55. The number of methoxy groups -OCH3 is 2. The zero-order valence-electron chi connectivity index (χ0n) is 9.53. The van der Waals surface area contributed by atoms with Crippen LogP contribution in [0.4, 0.5) is 0 Å². The maximum Gasteiger partial charge on any atom is 0.325 e. The molecule has 0 aromatic carbocycles. The summed E-state index contributed by atoms with van der Waals surface area (Å²) in [6.07, 6.45) is -1.80. The monoisotopic (exact) mass is 250 g/mol. The molecule has 1 fully saturated rings. The molecule has 6 nitrogen and oxygen atoms in total. The molecule has 16 heavy (non-hydrogen) atoms. The summed E-state index contributed by atoms with van der Waals surface area (Å²) in [5.74, 6) is 0. The van der Waals surface area contributed by atoms with Gasteiger partial charge < -0.3 is 19.1 Å². The van der Waals surface area contributed by atoms with Gasteiger partial charge in [-0.15, -0.1) is 0 Å². The zero-order valence-corrected chi connectivity index (χ0v) is 10.4.